The highest BCUT2D eigenvalue weighted by Gasteiger charge is 2.31. The third-order valence-electron chi connectivity index (χ3n) is 5.75. The molecule has 0 aliphatic carbocycles. The molecule has 6 nitrogen and oxygen atoms in total. The van der Waals surface area contributed by atoms with Crippen molar-refractivity contribution in [3.8, 4) is 0 Å². The summed E-state index contributed by atoms with van der Waals surface area (Å²) in [5.41, 5.74) is 1.85. The number of amides is 3. The van der Waals surface area contributed by atoms with E-state index in [1.54, 1.807) is 28.0 Å². The lowest BCUT2D eigenvalue weighted by Gasteiger charge is -2.32. The van der Waals surface area contributed by atoms with Gasteiger partial charge in [0.15, 0.2) is 0 Å². The number of carbonyl (C=O) groups is 3. The summed E-state index contributed by atoms with van der Waals surface area (Å²) in [6, 6.07) is 14.4. The van der Waals surface area contributed by atoms with Crippen molar-refractivity contribution in [1.29, 1.82) is 0 Å². The van der Waals surface area contributed by atoms with Gasteiger partial charge in [0.25, 0.3) is 5.91 Å². The van der Waals surface area contributed by atoms with Crippen LogP contribution in [0.4, 0.5) is 11.4 Å². The molecule has 1 N–H and O–H groups in total. The first-order chi connectivity index (χ1) is 14.5. The van der Waals surface area contributed by atoms with E-state index in [1.807, 2.05) is 30.3 Å². The van der Waals surface area contributed by atoms with Crippen LogP contribution in [0, 0.1) is 5.92 Å². The molecule has 30 heavy (non-hydrogen) atoms. The number of halogens is 1. The van der Waals surface area contributed by atoms with Crippen LogP contribution < -0.4 is 10.2 Å². The van der Waals surface area contributed by atoms with Gasteiger partial charge in [-0.15, -0.1) is 0 Å². The number of nitrogens with zero attached hydrogens (tertiary/aromatic N) is 2. The van der Waals surface area contributed by atoms with Crippen LogP contribution in [-0.2, 0) is 9.59 Å². The van der Waals surface area contributed by atoms with E-state index < -0.39 is 0 Å². The molecule has 2 aromatic rings. The second-order valence-electron chi connectivity index (χ2n) is 7.73. The maximum absolute atomic E-state index is 13.2. The van der Waals surface area contributed by atoms with Gasteiger partial charge in [0.2, 0.25) is 11.8 Å². The topological polar surface area (TPSA) is 69.7 Å². The SMILES string of the molecule is O=C(Nc1ccccc1)C1CCN(C(=O)c2ccc(Cl)cc2N2CCCC2=O)CC1. The van der Waals surface area contributed by atoms with Gasteiger partial charge in [-0.2, -0.15) is 0 Å². The van der Waals surface area contributed by atoms with Crippen molar-refractivity contribution in [3.05, 3.63) is 59.1 Å². The quantitative estimate of drug-likeness (QED) is 0.806. The lowest BCUT2D eigenvalue weighted by atomic mass is 9.95. The lowest BCUT2D eigenvalue weighted by molar-refractivity contribution is -0.121. The molecule has 2 heterocycles. The van der Waals surface area contributed by atoms with E-state index in [-0.39, 0.29) is 23.6 Å². The Labute approximate surface area is 180 Å². The molecule has 2 aliphatic heterocycles. The first kappa shape index (κ1) is 20.4. The molecule has 0 radical (unpaired) electrons. The molecule has 2 aliphatic rings. The van der Waals surface area contributed by atoms with Crippen LogP contribution >= 0.6 is 11.6 Å². The number of hydrogen-bond donors (Lipinski definition) is 1. The normalized spacial score (nSPS) is 17.3. The number of carbonyl (C=O) groups excluding carboxylic acids is 3. The van der Waals surface area contributed by atoms with Crippen molar-refractivity contribution >= 4 is 40.7 Å². The van der Waals surface area contributed by atoms with Crippen LogP contribution in [0.1, 0.15) is 36.0 Å². The maximum atomic E-state index is 13.2. The van der Waals surface area contributed by atoms with Gasteiger partial charge in [-0.25, -0.2) is 0 Å². The zero-order chi connectivity index (χ0) is 21.1. The Morgan fingerprint density at radius 3 is 2.40 bits per heavy atom. The second-order valence-corrected chi connectivity index (χ2v) is 8.17. The van der Waals surface area contributed by atoms with Crippen molar-refractivity contribution in [2.75, 3.05) is 29.9 Å². The van der Waals surface area contributed by atoms with Gasteiger partial charge < -0.3 is 15.1 Å². The molecular weight excluding hydrogens is 402 g/mol. The lowest BCUT2D eigenvalue weighted by Crippen LogP contribution is -2.42. The molecule has 7 heteroatoms. The molecule has 2 saturated heterocycles. The van der Waals surface area contributed by atoms with Crippen LogP contribution in [-0.4, -0.2) is 42.3 Å². The fraction of sp³-hybridized carbons (Fsp3) is 0.348. The van der Waals surface area contributed by atoms with Crippen LogP contribution in [0.3, 0.4) is 0 Å². The van der Waals surface area contributed by atoms with Crippen molar-refractivity contribution in [2.24, 2.45) is 5.92 Å². The molecule has 3 amide bonds. The summed E-state index contributed by atoms with van der Waals surface area (Å²) < 4.78 is 0. The zero-order valence-electron chi connectivity index (χ0n) is 16.6. The van der Waals surface area contributed by atoms with E-state index in [0.717, 1.165) is 12.1 Å². The second kappa shape index (κ2) is 8.88. The Hall–Kier alpha value is -2.86. The Kier molecular flexibility index (Phi) is 6.04. The molecule has 4 rings (SSSR count). The summed E-state index contributed by atoms with van der Waals surface area (Å²) in [4.78, 5) is 41.4. The Morgan fingerprint density at radius 2 is 1.73 bits per heavy atom. The molecule has 2 aromatic carbocycles. The van der Waals surface area contributed by atoms with Crippen molar-refractivity contribution < 1.29 is 14.4 Å². The van der Waals surface area contributed by atoms with Gasteiger partial charge in [0.1, 0.15) is 0 Å². The van der Waals surface area contributed by atoms with E-state index in [0.29, 0.717) is 55.2 Å². The molecular formula is C23H24ClN3O3. The number of likely N-dealkylation sites (tertiary alicyclic amines) is 1. The van der Waals surface area contributed by atoms with Gasteiger partial charge in [-0.3, -0.25) is 14.4 Å². The summed E-state index contributed by atoms with van der Waals surface area (Å²) in [5.74, 6) is -0.242. The zero-order valence-corrected chi connectivity index (χ0v) is 17.4. The fourth-order valence-electron chi connectivity index (χ4n) is 4.09. The standard InChI is InChI=1S/C23H24ClN3O3/c24-17-8-9-19(20(15-17)27-12-4-7-21(27)28)23(30)26-13-10-16(11-14-26)22(29)25-18-5-2-1-3-6-18/h1-3,5-6,8-9,15-16H,4,7,10-14H2,(H,25,29). The predicted octanol–water partition coefficient (Wildman–Crippen LogP) is 3.96. The molecule has 0 unspecified atom stereocenters. The molecule has 0 spiro atoms. The average molecular weight is 426 g/mol. The molecule has 2 fully saturated rings. The number of rotatable bonds is 4. The number of benzene rings is 2. The number of para-hydroxylation sites is 1. The third-order valence-corrected chi connectivity index (χ3v) is 5.98. The van der Waals surface area contributed by atoms with Crippen molar-refractivity contribution in [1.82, 2.24) is 4.90 Å². The molecule has 156 valence electrons. The van der Waals surface area contributed by atoms with Gasteiger partial charge >= 0.3 is 0 Å². The number of piperidine rings is 1. The summed E-state index contributed by atoms with van der Waals surface area (Å²) in [7, 11) is 0. The van der Waals surface area contributed by atoms with E-state index in [1.165, 1.54) is 0 Å². The average Bonchev–Trinajstić information content (AvgIpc) is 3.20. The Bertz CT molecular complexity index is 955. The van der Waals surface area contributed by atoms with Gasteiger partial charge in [-0.05, 0) is 49.6 Å². The Morgan fingerprint density at radius 1 is 1.00 bits per heavy atom. The third kappa shape index (κ3) is 4.33. The summed E-state index contributed by atoms with van der Waals surface area (Å²) in [6.45, 7) is 1.60. The molecule has 0 bridgehead atoms. The minimum atomic E-state index is -0.126. The molecule has 0 saturated carbocycles. The van der Waals surface area contributed by atoms with Crippen LogP contribution in [0.2, 0.25) is 5.02 Å². The van der Waals surface area contributed by atoms with Gasteiger partial charge in [-0.1, -0.05) is 29.8 Å². The predicted molar refractivity (Wildman–Crippen MR) is 117 cm³/mol. The van der Waals surface area contributed by atoms with E-state index >= 15 is 0 Å². The largest absolute Gasteiger partial charge is 0.339 e. The smallest absolute Gasteiger partial charge is 0.255 e. The van der Waals surface area contributed by atoms with Crippen LogP contribution in [0.5, 0.6) is 0 Å². The van der Waals surface area contributed by atoms with Crippen LogP contribution in [0.25, 0.3) is 0 Å². The van der Waals surface area contributed by atoms with Gasteiger partial charge in [0, 0.05) is 42.7 Å². The molecule has 0 atom stereocenters. The molecule has 0 aromatic heterocycles. The van der Waals surface area contributed by atoms with E-state index in [9.17, 15) is 14.4 Å². The maximum Gasteiger partial charge on any atom is 0.255 e. The van der Waals surface area contributed by atoms with E-state index in [4.69, 9.17) is 11.6 Å². The fourth-order valence-corrected chi connectivity index (χ4v) is 4.26. The number of nitrogens with one attached hydrogen (secondary N) is 1. The van der Waals surface area contributed by atoms with E-state index in [2.05, 4.69) is 5.32 Å². The minimum Gasteiger partial charge on any atom is -0.339 e. The number of hydrogen-bond acceptors (Lipinski definition) is 3. The summed E-state index contributed by atoms with van der Waals surface area (Å²) in [5, 5.41) is 3.44. The highest BCUT2D eigenvalue weighted by atomic mass is 35.5. The minimum absolute atomic E-state index is 0.0110. The highest BCUT2D eigenvalue weighted by Crippen LogP contribution is 2.31. The van der Waals surface area contributed by atoms with Crippen molar-refractivity contribution in [3.63, 3.8) is 0 Å². The highest BCUT2D eigenvalue weighted by molar-refractivity contribution is 6.31. The van der Waals surface area contributed by atoms with Crippen molar-refractivity contribution in [2.45, 2.75) is 25.7 Å². The van der Waals surface area contributed by atoms with Gasteiger partial charge in [0.05, 0.1) is 11.3 Å². The first-order valence-corrected chi connectivity index (χ1v) is 10.7. The first-order valence-electron chi connectivity index (χ1n) is 10.3. The summed E-state index contributed by atoms with van der Waals surface area (Å²) in [6.07, 6.45) is 2.48. The van der Waals surface area contributed by atoms with Crippen LogP contribution in [0.15, 0.2) is 48.5 Å². The monoisotopic (exact) mass is 425 g/mol. The number of anilines is 2. The Balaban J connectivity index is 1.42. The summed E-state index contributed by atoms with van der Waals surface area (Å²) >= 11 is 6.15.